The first kappa shape index (κ1) is 12.2. The minimum absolute atomic E-state index is 0.790. The fraction of sp³-hybridized carbons (Fsp3) is 0.647. The van der Waals surface area contributed by atoms with Crippen LogP contribution in [0.15, 0.2) is 30.3 Å². The van der Waals surface area contributed by atoms with E-state index < -0.39 is 0 Å². The Bertz CT molecular complexity index is 353. The van der Waals surface area contributed by atoms with Gasteiger partial charge in [-0.3, -0.25) is 4.90 Å². The summed E-state index contributed by atoms with van der Waals surface area (Å²) < 4.78 is 0. The zero-order chi connectivity index (χ0) is 12.2. The van der Waals surface area contributed by atoms with E-state index in [1.54, 1.807) is 5.56 Å². The van der Waals surface area contributed by atoms with Crippen LogP contribution in [-0.4, -0.2) is 24.0 Å². The third-order valence-corrected chi connectivity index (χ3v) is 4.82. The van der Waals surface area contributed by atoms with Crippen LogP contribution in [0.1, 0.15) is 56.4 Å². The molecule has 1 nitrogen and oxygen atoms in total. The first-order chi connectivity index (χ1) is 8.95. The topological polar surface area (TPSA) is 3.24 Å². The summed E-state index contributed by atoms with van der Waals surface area (Å²) in [5, 5.41) is 0. The summed E-state index contributed by atoms with van der Waals surface area (Å²) in [6.07, 6.45) is 9.94. The molecular weight excluding hydrogens is 218 g/mol. The Morgan fingerprint density at radius 1 is 0.778 bits per heavy atom. The van der Waals surface area contributed by atoms with Gasteiger partial charge in [-0.25, -0.2) is 0 Å². The summed E-state index contributed by atoms with van der Waals surface area (Å²) in [5.74, 6) is 0.790. The van der Waals surface area contributed by atoms with E-state index in [1.807, 2.05) is 0 Å². The lowest BCUT2D eigenvalue weighted by Gasteiger charge is -2.42. The van der Waals surface area contributed by atoms with Crippen molar-refractivity contribution in [2.75, 3.05) is 13.1 Å². The van der Waals surface area contributed by atoms with E-state index in [-0.39, 0.29) is 0 Å². The maximum atomic E-state index is 2.79. The average Bonchev–Trinajstić information content (AvgIpc) is 2.49. The van der Waals surface area contributed by atoms with Crippen molar-refractivity contribution in [1.29, 1.82) is 0 Å². The Labute approximate surface area is 111 Å². The number of hydrogen-bond donors (Lipinski definition) is 0. The molecule has 2 fully saturated rings. The molecule has 0 N–H and O–H groups in total. The van der Waals surface area contributed by atoms with Crippen LogP contribution in [0.2, 0.25) is 0 Å². The maximum absolute atomic E-state index is 2.79. The SMILES string of the molecule is c1ccc([C@H]2CCCC[C@H]2N2CCCCC2)cc1. The smallest absolute Gasteiger partial charge is 0.0164 e. The first-order valence-corrected chi connectivity index (χ1v) is 7.74. The van der Waals surface area contributed by atoms with Gasteiger partial charge in [-0.1, -0.05) is 49.6 Å². The number of benzene rings is 1. The molecule has 0 amide bonds. The first-order valence-electron chi connectivity index (χ1n) is 7.74. The molecule has 1 heteroatoms. The van der Waals surface area contributed by atoms with Gasteiger partial charge < -0.3 is 0 Å². The van der Waals surface area contributed by atoms with Crippen LogP contribution in [0.4, 0.5) is 0 Å². The fourth-order valence-corrected chi connectivity index (χ4v) is 3.89. The molecule has 1 heterocycles. The second-order valence-corrected chi connectivity index (χ2v) is 5.97. The van der Waals surface area contributed by atoms with E-state index in [0.29, 0.717) is 0 Å². The van der Waals surface area contributed by atoms with Gasteiger partial charge in [-0.05, 0) is 50.3 Å². The summed E-state index contributed by atoms with van der Waals surface area (Å²) in [5.41, 5.74) is 1.58. The zero-order valence-corrected chi connectivity index (χ0v) is 11.4. The number of likely N-dealkylation sites (tertiary alicyclic amines) is 1. The monoisotopic (exact) mass is 243 g/mol. The molecule has 0 aromatic heterocycles. The van der Waals surface area contributed by atoms with Crippen molar-refractivity contribution in [1.82, 2.24) is 4.90 Å². The van der Waals surface area contributed by atoms with Crippen molar-refractivity contribution in [3.05, 3.63) is 35.9 Å². The van der Waals surface area contributed by atoms with Crippen LogP contribution in [0.5, 0.6) is 0 Å². The van der Waals surface area contributed by atoms with Gasteiger partial charge in [0.15, 0.2) is 0 Å². The van der Waals surface area contributed by atoms with Gasteiger partial charge >= 0.3 is 0 Å². The predicted octanol–water partition coefficient (Wildman–Crippen LogP) is 4.20. The number of rotatable bonds is 2. The lowest BCUT2D eigenvalue weighted by Crippen LogP contribution is -2.44. The van der Waals surface area contributed by atoms with Crippen LogP contribution >= 0.6 is 0 Å². The summed E-state index contributed by atoms with van der Waals surface area (Å²) in [6.45, 7) is 2.68. The summed E-state index contributed by atoms with van der Waals surface area (Å²) in [4.78, 5) is 2.79. The van der Waals surface area contributed by atoms with E-state index in [2.05, 4.69) is 35.2 Å². The van der Waals surface area contributed by atoms with Crippen molar-refractivity contribution in [2.24, 2.45) is 0 Å². The van der Waals surface area contributed by atoms with Gasteiger partial charge in [0, 0.05) is 6.04 Å². The van der Waals surface area contributed by atoms with Crippen molar-refractivity contribution in [2.45, 2.75) is 56.9 Å². The van der Waals surface area contributed by atoms with Crippen molar-refractivity contribution >= 4 is 0 Å². The molecule has 0 radical (unpaired) electrons. The van der Waals surface area contributed by atoms with E-state index in [4.69, 9.17) is 0 Å². The summed E-state index contributed by atoms with van der Waals surface area (Å²) >= 11 is 0. The largest absolute Gasteiger partial charge is 0.300 e. The van der Waals surface area contributed by atoms with Crippen LogP contribution in [0.3, 0.4) is 0 Å². The zero-order valence-electron chi connectivity index (χ0n) is 11.4. The van der Waals surface area contributed by atoms with Crippen molar-refractivity contribution in [3.8, 4) is 0 Å². The number of nitrogens with zero attached hydrogens (tertiary/aromatic N) is 1. The third kappa shape index (κ3) is 2.61. The van der Waals surface area contributed by atoms with E-state index in [0.717, 1.165) is 12.0 Å². The highest BCUT2D eigenvalue weighted by molar-refractivity contribution is 5.22. The molecule has 98 valence electrons. The Kier molecular flexibility index (Phi) is 3.99. The van der Waals surface area contributed by atoms with Gasteiger partial charge in [-0.15, -0.1) is 0 Å². The second kappa shape index (κ2) is 5.88. The highest BCUT2D eigenvalue weighted by Crippen LogP contribution is 2.37. The molecule has 1 aromatic carbocycles. The Morgan fingerprint density at radius 3 is 2.28 bits per heavy atom. The predicted molar refractivity (Wildman–Crippen MR) is 76.9 cm³/mol. The molecule has 18 heavy (non-hydrogen) atoms. The van der Waals surface area contributed by atoms with Crippen molar-refractivity contribution in [3.63, 3.8) is 0 Å². The Morgan fingerprint density at radius 2 is 1.50 bits per heavy atom. The lowest BCUT2D eigenvalue weighted by atomic mass is 9.78. The minimum Gasteiger partial charge on any atom is -0.300 e. The third-order valence-electron chi connectivity index (χ3n) is 4.82. The molecule has 0 bridgehead atoms. The highest BCUT2D eigenvalue weighted by atomic mass is 15.2. The average molecular weight is 243 g/mol. The fourth-order valence-electron chi connectivity index (χ4n) is 3.89. The van der Waals surface area contributed by atoms with E-state index in [1.165, 1.54) is 58.0 Å². The van der Waals surface area contributed by atoms with E-state index >= 15 is 0 Å². The second-order valence-electron chi connectivity index (χ2n) is 5.97. The highest BCUT2D eigenvalue weighted by Gasteiger charge is 2.31. The summed E-state index contributed by atoms with van der Waals surface area (Å²) in [7, 11) is 0. The maximum Gasteiger partial charge on any atom is 0.0164 e. The quantitative estimate of drug-likeness (QED) is 0.752. The molecule has 0 spiro atoms. The van der Waals surface area contributed by atoms with Crippen LogP contribution in [-0.2, 0) is 0 Å². The van der Waals surface area contributed by atoms with E-state index in [9.17, 15) is 0 Å². The molecule has 1 saturated heterocycles. The van der Waals surface area contributed by atoms with Crippen LogP contribution < -0.4 is 0 Å². The molecule has 2 atom stereocenters. The number of hydrogen-bond acceptors (Lipinski definition) is 1. The lowest BCUT2D eigenvalue weighted by molar-refractivity contribution is 0.113. The van der Waals surface area contributed by atoms with Crippen LogP contribution in [0.25, 0.3) is 0 Å². The molecular formula is C17H25N. The van der Waals surface area contributed by atoms with Gasteiger partial charge in [-0.2, -0.15) is 0 Å². The molecule has 1 aliphatic heterocycles. The summed E-state index contributed by atoms with van der Waals surface area (Å²) in [6, 6.07) is 12.1. The Hall–Kier alpha value is -0.820. The number of piperidine rings is 1. The molecule has 1 saturated carbocycles. The van der Waals surface area contributed by atoms with Gasteiger partial charge in [0.05, 0.1) is 0 Å². The minimum atomic E-state index is 0.790. The standard InChI is InChI=1S/C17H25N/c1-3-9-15(10-4-1)16-11-5-6-12-17(16)18-13-7-2-8-14-18/h1,3-4,9-10,16-17H,2,5-8,11-14H2/t16-,17-/m1/s1. The molecule has 2 aliphatic rings. The Balaban J connectivity index is 1.77. The molecule has 1 aromatic rings. The molecule has 1 aliphatic carbocycles. The van der Waals surface area contributed by atoms with Crippen LogP contribution in [0, 0.1) is 0 Å². The van der Waals surface area contributed by atoms with Gasteiger partial charge in [0.25, 0.3) is 0 Å². The molecule has 0 unspecified atom stereocenters. The van der Waals surface area contributed by atoms with Gasteiger partial charge in [0.2, 0.25) is 0 Å². The normalized spacial score (nSPS) is 30.2. The van der Waals surface area contributed by atoms with Crippen molar-refractivity contribution < 1.29 is 0 Å². The van der Waals surface area contributed by atoms with Gasteiger partial charge in [0.1, 0.15) is 0 Å². The molecule has 3 rings (SSSR count).